The Kier molecular flexibility index (Phi) is 5.78. The van der Waals surface area contributed by atoms with E-state index in [2.05, 4.69) is 0 Å². The monoisotopic (exact) mass is 301 g/mol. The van der Waals surface area contributed by atoms with Crippen LogP contribution in [0.1, 0.15) is 27.0 Å². The average molecular weight is 301 g/mol. The molecule has 1 amide bonds. The molecule has 4 N–H and O–H groups in total. The highest BCUT2D eigenvalue weighted by Gasteiger charge is 2.26. The lowest BCUT2D eigenvalue weighted by Crippen LogP contribution is -2.24. The number of nitrogens with zero attached hydrogens (tertiary/aromatic N) is 1. The summed E-state index contributed by atoms with van der Waals surface area (Å²) in [7, 11) is 3.35. The Morgan fingerprint density at radius 2 is 2.05 bits per heavy atom. The van der Waals surface area contributed by atoms with Crippen molar-refractivity contribution in [3.05, 3.63) is 10.4 Å². The van der Waals surface area contributed by atoms with Crippen molar-refractivity contribution < 1.29 is 19.1 Å². The van der Waals surface area contributed by atoms with Gasteiger partial charge in [-0.25, -0.2) is 4.79 Å². The van der Waals surface area contributed by atoms with E-state index in [0.29, 0.717) is 18.2 Å². The molecule has 0 fully saturated rings. The van der Waals surface area contributed by atoms with Gasteiger partial charge in [-0.2, -0.15) is 0 Å². The molecule has 0 bridgehead atoms. The van der Waals surface area contributed by atoms with E-state index in [1.807, 2.05) is 0 Å². The zero-order valence-corrected chi connectivity index (χ0v) is 12.6. The van der Waals surface area contributed by atoms with Gasteiger partial charge in [0.25, 0.3) is 5.91 Å². The summed E-state index contributed by atoms with van der Waals surface area (Å²) in [6, 6.07) is 0. The largest absolute Gasteiger partial charge is 0.462 e. The molecule has 0 saturated carbocycles. The molecule has 1 aromatic heterocycles. The summed E-state index contributed by atoms with van der Waals surface area (Å²) in [5.41, 5.74) is 11.4. The van der Waals surface area contributed by atoms with Crippen LogP contribution in [0.4, 0.5) is 10.7 Å². The predicted molar refractivity (Wildman–Crippen MR) is 78.4 cm³/mol. The number of methoxy groups -OCH3 is 1. The summed E-state index contributed by atoms with van der Waals surface area (Å²) in [6.07, 6.45) is 0. The first kappa shape index (κ1) is 16.3. The summed E-state index contributed by atoms with van der Waals surface area (Å²) in [4.78, 5) is 25.3. The second-order valence-corrected chi connectivity index (χ2v) is 5.02. The Morgan fingerprint density at radius 1 is 1.40 bits per heavy atom. The van der Waals surface area contributed by atoms with Crippen LogP contribution >= 0.6 is 11.3 Å². The molecule has 1 aromatic rings. The van der Waals surface area contributed by atoms with E-state index in [1.54, 1.807) is 26.0 Å². The van der Waals surface area contributed by atoms with Crippen molar-refractivity contribution in [2.75, 3.05) is 44.5 Å². The number of hydrogen-bond donors (Lipinski definition) is 2. The molecule has 20 heavy (non-hydrogen) atoms. The molecule has 0 aliphatic heterocycles. The van der Waals surface area contributed by atoms with Gasteiger partial charge in [0, 0.05) is 20.7 Å². The van der Waals surface area contributed by atoms with Crippen molar-refractivity contribution in [1.82, 2.24) is 0 Å². The van der Waals surface area contributed by atoms with E-state index in [4.69, 9.17) is 20.9 Å². The highest BCUT2D eigenvalue weighted by Crippen LogP contribution is 2.37. The maximum Gasteiger partial charge on any atom is 0.350 e. The number of hydrogen-bond acceptors (Lipinski definition) is 7. The highest BCUT2D eigenvalue weighted by atomic mass is 32.1. The predicted octanol–water partition coefficient (Wildman–Crippen LogP) is 0.689. The van der Waals surface area contributed by atoms with Gasteiger partial charge in [-0.15, -0.1) is 11.3 Å². The van der Waals surface area contributed by atoms with Gasteiger partial charge in [0.1, 0.15) is 9.88 Å². The van der Waals surface area contributed by atoms with Crippen molar-refractivity contribution in [3.8, 4) is 0 Å². The van der Waals surface area contributed by atoms with Crippen molar-refractivity contribution in [2.45, 2.75) is 6.92 Å². The van der Waals surface area contributed by atoms with E-state index >= 15 is 0 Å². The van der Waals surface area contributed by atoms with Gasteiger partial charge in [0.05, 0.1) is 24.5 Å². The Hall–Kier alpha value is -1.80. The molecule has 8 heteroatoms. The van der Waals surface area contributed by atoms with Gasteiger partial charge in [0.2, 0.25) is 0 Å². The summed E-state index contributed by atoms with van der Waals surface area (Å²) in [5.74, 6) is -1.22. The molecule has 1 heterocycles. The van der Waals surface area contributed by atoms with Crippen LogP contribution in [0.5, 0.6) is 0 Å². The average Bonchev–Trinajstić information content (AvgIpc) is 2.74. The van der Waals surface area contributed by atoms with Gasteiger partial charge in [0.15, 0.2) is 0 Å². The van der Waals surface area contributed by atoms with Crippen molar-refractivity contribution >= 4 is 33.9 Å². The van der Waals surface area contributed by atoms with Crippen LogP contribution in [-0.4, -0.2) is 45.8 Å². The zero-order valence-electron chi connectivity index (χ0n) is 11.8. The summed E-state index contributed by atoms with van der Waals surface area (Å²) < 4.78 is 9.90. The molecule has 0 spiro atoms. The zero-order chi connectivity index (χ0) is 15.3. The smallest absolute Gasteiger partial charge is 0.350 e. The summed E-state index contributed by atoms with van der Waals surface area (Å²) in [6.45, 7) is 2.94. The fourth-order valence-corrected chi connectivity index (χ4v) is 2.72. The second-order valence-electron chi connectivity index (χ2n) is 4.02. The van der Waals surface area contributed by atoms with E-state index in [1.165, 1.54) is 0 Å². The number of nitrogens with two attached hydrogens (primary N) is 2. The minimum atomic E-state index is -0.673. The minimum Gasteiger partial charge on any atom is -0.462 e. The Labute approximate surface area is 121 Å². The fourth-order valence-electron chi connectivity index (χ4n) is 1.62. The number of ether oxygens (including phenoxy) is 2. The topological polar surface area (TPSA) is 108 Å². The van der Waals surface area contributed by atoms with E-state index in [9.17, 15) is 9.59 Å². The summed E-state index contributed by atoms with van der Waals surface area (Å²) in [5, 5.41) is 0.537. The number of likely N-dealkylation sites (N-methyl/N-ethyl adjacent to an activating group) is 1. The maximum atomic E-state index is 11.8. The highest BCUT2D eigenvalue weighted by molar-refractivity contribution is 7.19. The number of carbonyl (C=O) groups excluding carboxylic acids is 2. The number of nitrogen functional groups attached to an aromatic ring is 1. The van der Waals surface area contributed by atoms with Crippen molar-refractivity contribution in [1.29, 1.82) is 0 Å². The van der Waals surface area contributed by atoms with Gasteiger partial charge in [-0.3, -0.25) is 4.79 Å². The van der Waals surface area contributed by atoms with Crippen LogP contribution in [0.15, 0.2) is 0 Å². The standard InChI is InChI=1S/C12H19N3O4S/c1-4-19-12(17)9-8(13)7(10(14)16)11(20-9)15(2)5-6-18-3/h4-6,13H2,1-3H3,(H2,14,16). The van der Waals surface area contributed by atoms with Crippen molar-refractivity contribution in [2.24, 2.45) is 5.73 Å². The van der Waals surface area contributed by atoms with E-state index < -0.39 is 11.9 Å². The normalized spacial score (nSPS) is 10.3. The quantitative estimate of drug-likeness (QED) is 0.717. The van der Waals surface area contributed by atoms with Crippen LogP contribution in [0, 0.1) is 0 Å². The number of esters is 1. The van der Waals surface area contributed by atoms with E-state index in [0.717, 1.165) is 11.3 Å². The van der Waals surface area contributed by atoms with Gasteiger partial charge in [-0.05, 0) is 6.92 Å². The molecule has 0 saturated heterocycles. The molecule has 0 aliphatic carbocycles. The molecule has 0 aliphatic rings. The molecular weight excluding hydrogens is 282 g/mol. The SMILES string of the molecule is CCOC(=O)c1sc(N(C)CCOC)c(C(N)=O)c1N. The first-order valence-electron chi connectivity index (χ1n) is 6.03. The fraction of sp³-hybridized carbons (Fsp3) is 0.500. The second kappa shape index (κ2) is 7.11. The molecule has 112 valence electrons. The maximum absolute atomic E-state index is 11.8. The minimum absolute atomic E-state index is 0.0696. The van der Waals surface area contributed by atoms with Crippen LogP contribution in [0.25, 0.3) is 0 Å². The molecule has 0 unspecified atom stereocenters. The lowest BCUT2D eigenvalue weighted by molar-refractivity contribution is 0.0533. The van der Waals surface area contributed by atoms with Crippen molar-refractivity contribution in [3.63, 3.8) is 0 Å². The number of amides is 1. The number of thiophene rings is 1. The molecule has 0 aromatic carbocycles. The van der Waals surface area contributed by atoms with Gasteiger partial charge < -0.3 is 25.8 Å². The Morgan fingerprint density at radius 3 is 2.55 bits per heavy atom. The molecule has 1 rings (SSSR count). The summed E-state index contributed by atoms with van der Waals surface area (Å²) >= 11 is 1.09. The third-order valence-corrected chi connectivity index (χ3v) is 3.91. The number of carbonyl (C=O) groups is 2. The number of rotatable bonds is 7. The Bertz CT molecular complexity index is 501. The third kappa shape index (κ3) is 3.40. The van der Waals surface area contributed by atoms with Crippen LogP contribution in [-0.2, 0) is 9.47 Å². The molecule has 0 atom stereocenters. The molecule has 0 radical (unpaired) electrons. The lowest BCUT2D eigenvalue weighted by Gasteiger charge is -2.17. The molecular formula is C12H19N3O4S. The van der Waals surface area contributed by atoms with Crippen LogP contribution < -0.4 is 16.4 Å². The molecule has 7 nitrogen and oxygen atoms in total. The van der Waals surface area contributed by atoms with Crippen LogP contribution in [0.2, 0.25) is 0 Å². The lowest BCUT2D eigenvalue weighted by atomic mass is 10.2. The van der Waals surface area contributed by atoms with Crippen LogP contribution in [0.3, 0.4) is 0 Å². The van der Waals surface area contributed by atoms with Gasteiger partial charge >= 0.3 is 5.97 Å². The van der Waals surface area contributed by atoms with Gasteiger partial charge in [-0.1, -0.05) is 0 Å². The first-order valence-corrected chi connectivity index (χ1v) is 6.84. The number of primary amides is 1. The number of anilines is 2. The van der Waals surface area contributed by atoms with E-state index in [-0.39, 0.29) is 22.7 Å². The Balaban J connectivity index is 3.19. The first-order chi connectivity index (χ1) is 9.43. The third-order valence-electron chi connectivity index (χ3n) is 2.61.